The first kappa shape index (κ1) is 25.4. The molecule has 2 aromatic rings. The lowest BCUT2D eigenvalue weighted by Gasteiger charge is -2.53. The Balaban J connectivity index is 1.40. The number of carbonyl (C=O) groups is 2. The summed E-state index contributed by atoms with van der Waals surface area (Å²) in [7, 11) is 2.16. The van der Waals surface area contributed by atoms with Crippen LogP contribution in [0.2, 0.25) is 0 Å². The van der Waals surface area contributed by atoms with Gasteiger partial charge in [-0.25, -0.2) is 4.98 Å². The number of anilines is 4. The van der Waals surface area contributed by atoms with Crippen molar-refractivity contribution in [2.24, 2.45) is 11.8 Å². The zero-order valence-corrected chi connectivity index (χ0v) is 22.2. The second-order valence-corrected chi connectivity index (χ2v) is 10.9. The smallest absolute Gasteiger partial charge is 0.229 e. The SMILES string of the molecule is CCC1(N(C=O)c2nc(Nc3ccc(N4CCN(C)CC4)cc3)ncc2C[C@@H]2CCNC2=O)CC[C@H]1C. The van der Waals surface area contributed by atoms with Crippen LogP contribution in [0.4, 0.5) is 23.1 Å². The van der Waals surface area contributed by atoms with Crippen molar-refractivity contribution < 1.29 is 9.59 Å². The summed E-state index contributed by atoms with van der Waals surface area (Å²) >= 11 is 0. The number of nitrogens with zero attached hydrogens (tertiary/aromatic N) is 5. The van der Waals surface area contributed by atoms with E-state index in [0.717, 1.165) is 69.5 Å². The largest absolute Gasteiger partial charge is 0.369 e. The van der Waals surface area contributed by atoms with E-state index in [1.807, 2.05) is 17.0 Å². The van der Waals surface area contributed by atoms with Crippen LogP contribution in [0, 0.1) is 11.8 Å². The second kappa shape index (κ2) is 10.7. The molecule has 2 N–H and O–H groups in total. The van der Waals surface area contributed by atoms with Crippen LogP contribution in [-0.2, 0) is 16.0 Å². The number of hydrogen-bond acceptors (Lipinski definition) is 7. The molecule has 5 rings (SSSR count). The van der Waals surface area contributed by atoms with E-state index >= 15 is 0 Å². The highest BCUT2D eigenvalue weighted by atomic mass is 16.2. The molecular formula is C28H39N7O2. The molecule has 198 valence electrons. The van der Waals surface area contributed by atoms with E-state index in [4.69, 9.17) is 4.98 Å². The standard InChI is InChI=1S/C28H39N7O2/c1-4-28(11-9-20(28)2)35(19-36)25-22(17-21-10-12-29-26(21)37)18-30-27(32-25)31-23-5-7-24(8-6-23)34-15-13-33(3)14-16-34/h5-8,18-21H,4,9-17H2,1-3H3,(H,29,37)(H,30,31,32)/t20-,21+,28?/m1/s1. The Kier molecular flexibility index (Phi) is 7.33. The number of benzene rings is 1. The highest BCUT2D eigenvalue weighted by Gasteiger charge is 2.48. The maximum absolute atomic E-state index is 12.5. The van der Waals surface area contributed by atoms with Gasteiger partial charge in [0.15, 0.2) is 0 Å². The van der Waals surface area contributed by atoms with Crippen LogP contribution >= 0.6 is 0 Å². The second-order valence-electron chi connectivity index (χ2n) is 10.9. The summed E-state index contributed by atoms with van der Waals surface area (Å²) in [5, 5.41) is 6.25. The van der Waals surface area contributed by atoms with E-state index in [2.05, 4.69) is 58.4 Å². The number of nitrogens with one attached hydrogen (secondary N) is 2. The van der Waals surface area contributed by atoms with Crippen molar-refractivity contribution in [1.82, 2.24) is 20.2 Å². The Morgan fingerprint density at radius 2 is 1.95 bits per heavy atom. The van der Waals surface area contributed by atoms with Crippen molar-refractivity contribution in [3.8, 4) is 0 Å². The molecular weight excluding hydrogens is 466 g/mol. The molecule has 3 heterocycles. The first-order valence-corrected chi connectivity index (χ1v) is 13.6. The summed E-state index contributed by atoms with van der Waals surface area (Å²) in [6.45, 7) is 9.21. The number of hydrogen-bond donors (Lipinski definition) is 2. The van der Waals surface area contributed by atoms with E-state index in [-0.39, 0.29) is 17.4 Å². The van der Waals surface area contributed by atoms with Crippen molar-refractivity contribution in [3.63, 3.8) is 0 Å². The minimum atomic E-state index is -0.246. The van der Waals surface area contributed by atoms with Crippen LogP contribution in [0.1, 0.15) is 45.1 Å². The van der Waals surface area contributed by atoms with Gasteiger partial charge in [-0.15, -0.1) is 0 Å². The lowest BCUT2D eigenvalue weighted by atomic mass is 9.65. The van der Waals surface area contributed by atoms with Crippen LogP contribution in [0.15, 0.2) is 30.5 Å². The predicted molar refractivity (Wildman–Crippen MR) is 146 cm³/mol. The van der Waals surface area contributed by atoms with Crippen molar-refractivity contribution in [3.05, 3.63) is 36.0 Å². The highest BCUT2D eigenvalue weighted by molar-refractivity contribution is 5.82. The first-order chi connectivity index (χ1) is 17.9. The van der Waals surface area contributed by atoms with Crippen molar-refractivity contribution in [1.29, 1.82) is 0 Å². The summed E-state index contributed by atoms with van der Waals surface area (Å²) in [4.78, 5) is 40.9. The van der Waals surface area contributed by atoms with Gasteiger partial charge >= 0.3 is 0 Å². The Morgan fingerprint density at radius 1 is 1.19 bits per heavy atom. The molecule has 1 aromatic carbocycles. The number of amides is 2. The molecule has 9 heteroatoms. The topological polar surface area (TPSA) is 93.7 Å². The molecule has 2 saturated heterocycles. The molecule has 9 nitrogen and oxygen atoms in total. The summed E-state index contributed by atoms with van der Waals surface area (Å²) in [5.41, 5.74) is 2.70. The molecule has 1 aliphatic carbocycles. The lowest BCUT2D eigenvalue weighted by molar-refractivity contribution is -0.122. The van der Waals surface area contributed by atoms with Gasteiger partial charge in [0.1, 0.15) is 5.82 Å². The van der Waals surface area contributed by atoms with Crippen LogP contribution in [0.25, 0.3) is 0 Å². The molecule has 2 aliphatic heterocycles. The Labute approximate surface area is 219 Å². The third kappa shape index (κ3) is 5.01. The first-order valence-electron chi connectivity index (χ1n) is 13.6. The molecule has 0 spiro atoms. The van der Waals surface area contributed by atoms with E-state index in [1.54, 1.807) is 6.20 Å². The fraction of sp³-hybridized carbons (Fsp3) is 0.571. The minimum Gasteiger partial charge on any atom is -0.369 e. The quantitative estimate of drug-likeness (QED) is 0.506. The molecule has 1 unspecified atom stereocenters. The Morgan fingerprint density at radius 3 is 2.51 bits per heavy atom. The maximum atomic E-state index is 12.5. The maximum Gasteiger partial charge on any atom is 0.229 e. The van der Waals surface area contributed by atoms with Gasteiger partial charge in [-0.1, -0.05) is 13.8 Å². The van der Waals surface area contributed by atoms with Gasteiger partial charge in [0.25, 0.3) is 0 Å². The van der Waals surface area contributed by atoms with Gasteiger partial charge < -0.3 is 20.4 Å². The van der Waals surface area contributed by atoms with Gasteiger partial charge in [0.2, 0.25) is 18.3 Å². The van der Waals surface area contributed by atoms with Gasteiger partial charge in [0.05, 0.1) is 5.54 Å². The molecule has 3 atom stereocenters. The van der Waals surface area contributed by atoms with Gasteiger partial charge in [-0.05, 0) is 69.3 Å². The minimum absolute atomic E-state index is 0.0634. The molecule has 2 amide bonds. The van der Waals surface area contributed by atoms with Crippen LogP contribution in [-0.4, -0.2) is 72.5 Å². The molecule has 1 saturated carbocycles. The number of rotatable bonds is 9. The van der Waals surface area contributed by atoms with Gasteiger partial charge in [-0.2, -0.15) is 4.98 Å². The van der Waals surface area contributed by atoms with Crippen LogP contribution in [0.3, 0.4) is 0 Å². The lowest BCUT2D eigenvalue weighted by Crippen LogP contribution is -2.59. The van der Waals surface area contributed by atoms with Crippen molar-refractivity contribution in [2.45, 2.75) is 51.5 Å². The van der Waals surface area contributed by atoms with Crippen LogP contribution in [0.5, 0.6) is 0 Å². The number of piperazine rings is 1. The monoisotopic (exact) mass is 505 g/mol. The fourth-order valence-electron chi connectivity index (χ4n) is 6.05. The zero-order chi connectivity index (χ0) is 26.0. The van der Waals surface area contributed by atoms with E-state index in [0.29, 0.717) is 30.6 Å². The molecule has 37 heavy (non-hydrogen) atoms. The van der Waals surface area contributed by atoms with E-state index < -0.39 is 0 Å². The predicted octanol–water partition coefficient (Wildman–Crippen LogP) is 3.19. The van der Waals surface area contributed by atoms with Crippen molar-refractivity contribution in [2.75, 3.05) is 54.9 Å². The zero-order valence-electron chi connectivity index (χ0n) is 22.2. The van der Waals surface area contributed by atoms with Crippen molar-refractivity contribution >= 4 is 35.5 Å². The summed E-state index contributed by atoms with van der Waals surface area (Å²) < 4.78 is 0. The molecule has 1 aromatic heterocycles. The third-order valence-electron chi connectivity index (χ3n) is 8.82. The average molecular weight is 506 g/mol. The summed E-state index contributed by atoms with van der Waals surface area (Å²) in [6, 6.07) is 8.35. The number of likely N-dealkylation sites (N-methyl/N-ethyl adjacent to an activating group) is 1. The molecule has 3 aliphatic rings. The van der Waals surface area contributed by atoms with Crippen LogP contribution < -0.4 is 20.4 Å². The Bertz CT molecular complexity index is 1110. The average Bonchev–Trinajstić information content (AvgIpc) is 3.32. The summed E-state index contributed by atoms with van der Waals surface area (Å²) in [5.74, 6) is 1.40. The third-order valence-corrected chi connectivity index (χ3v) is 8.82. The number of aromatic nitrogens is 2. The molecule has 0 radical (unpaired) electrons. The van der Waals surface area contributed by atoms with E-state index in [9.17, 15) is 9.59 Å². The fourth-order valence-corrected chi connectivity index (χ4v) is 6.05. The summed E-state index contributed by atoms with van der Waals surface area (Å²) in [6.07, 6.45) is 6.93. The molecule has 0 bridgehead atoms. The number of carbonyl (C=O) groups excluding carboxylic acids is 2. The van der Waals surface area contributed by atoms with Gasteiger partial charge in [0, 0.05) is 61.8 Å². The normalized spacial score (nSPS) is 25.9. The van der Waals surface area contributed by atoms with E-state index in [1.165, 1.54) is 5.69 Å². The molecule has 3 fully saturated rings. The van der Waals surface area contributed by atoms with Gasteiger partial charge in [-0.3, -0.25) is 14.5 Å². The Hall–Kier alpha value is -3.20. The highest BCUT2D eigenvalue weighted by Crippen LogP contribution is 2.47.